The molecule has 1 heterocycles. The lowest BCUT2D eigenvalue weighted by Gasteiger charge is -2.11. The zero-order chi connectivity index (χ0) is 13.2. The van der Waals surface area contributed by atoms with Crippen molar-refractivity contribution in [3.8, 4) is 11.5 Å². The number of aromatic nitrogens is 1. The monoisotopic (exact) mass is 254 g/mol. The highest BCUT2D eigenvalue weighted by molar-refractivity contribution is 5.56. The van der Waals surface area contributed by atoms with Gasteiger partial charge in [-0.3, -0.25) is 10.1 Å². The lowest BCUT2D eigenvalue weighted by molar-refractivity contribution is -0.390. The number of pyridine rings is 1. The molecule has 0 unspecified atom stereocenters. The standard InChI is InChI=1S/C7H5F3N2O5/c8-7(9,10)17-6-4(14)1-11-3(2-13)5(6)12(15)16/h1,13-14H,2H2. The van der Waals surface area contributed by atoms with Gasteiger partial charge in [0.15, 0.2) is 5.75 Å². The number of nitrogens with zero attached hydrogens (tertiary/aromatic N) is 2. The average Bonchev–Trinajstić information content (AvgIpc) is 2.18. The van der Waals surface area contributed by atoms with Gasteiger partial charge in [-0.2, -0.15) is 0 Å². The number of alkyl halides is 3. The van der Waals surface area contributed by atoms with Crippen molar-refractivity contribution >= 4 is 5.69 Å². The Labute approximate surface area is 91.2 Å². The van der Waals surface area contributed by atoms with Crippen LogP contribution in [0.2, 0.25) is 0 Å². The van der Waals surface area contributed by atoms with Crippen molar-refractivity contribution in [2.75, 3.05) is 0 Å². The zero-order valence-electron chi connectivity index (χ0n) is 7.93. The van der Waals surface area contributed by atoms with Gasteiger partial charge in [0.25, 0.3) is 5.75 Å². The highest BCUT2D eigenvalue weighted by Crippen LogP contribution is 2.40. The SMILES string of the molecule is O=[N+]([O-])c1c(CO)ncc(O)c1OC(F)(F)F. The number of halogens is 3. The third-order valence-electron chi connectivity index (χ3n) is 1.61. The molecule has 0 fully saturated rings. The van der Waals surface area contributed by atoms with E-state index in [2.05, 4.69) is 9.72 Å². The van der Waals surface area contributed by atoms with Crippen molar-refractivity contribution in [1.82, 2.24) is 4.98 Å². The highest BCUT2D eigenvalue weighted by Gasteiger charge is 2.38. The molecule has 94 valence electrons. The first-order valence-corrected chi connectivity index (χ1v) is 3.98. The van der Waals surface area contributed by atoms with Crippen LogP contribution in [0.1, 0.15) is 5.69 Å². The molecular weight excluding hydrogens is 249 g/mol. The molecule has 10 heteroatoms. The second kappa shape index (κ2) is 4.41. The van der Waals surface area contributed by atoms with Crippen LogP contribution in [-0.2, 0) is 6.61 Å². The van der Waals surface area contributed by atoms with Gasteiger partial charge in [-0.15, -0.1) is 13.2 Å². The van der Waals surface area contributed by atoms with Crippen LogP contribution in [0.5, 0.6) is 11.5 Å². The van der Waals surface area contributed by atoms with E-state index in [1.54, 1.807) is 0 Å². The summed E-state index contributed by atoms with van der Waals surface area (Å²) in [6.45, 7) is -0.967. The smallest absolute Gasteiger partial charge is 0.503 e. The van der Waals surface area contributed by atoms with Crippen LogP contribution in [0.4, 0.5) is 18.9 Å². The van der Waals surface area contributed by atoms with Gasteiger partial charge in [0.1, 0.15) is 5.69 Å². The highest BCUT2D eigenvalue weighted by atomic mass is 19.4. The number of hydrogen-bond acceptors (Lipinski definition) is 6. The molecule has 17 heavy (non-hydrogen) atoms. The second-order valence-corrected chi connectivity index (χ2v) is 2.73. The maximum Gasteiger partial charge on any atom is 0.573 e. The number of nitro groups is 1. The van der Waals surface area contributed by atoms with Gasteiger partial charge in [0.2, 0.25) is 0 Å². The molecule has 0 aromatic carbocycles. The Kier molecular flexibility index (Phi) is 3.36. The summed E-state index contributed by atoms with van der Waals surface area (Å²) in [4.78, 5) is 12.5. The summed E-state index contributed by atoms with van der Waals surface area (Å²) in [6, 6.07) is 0. The van der Waals surface area contributed by atoms with Crippen LogP contribution in [0.25, 0.3) is 0 Å². The molecule has 1 rings (SSSR count). The van der Waals surface area contributed by atoms with E-state index in [9.17, 15) is 23.3 Å². The van der Waals surface area contributed by atoms with Crippen molar-refractivity contribution in [2.45, 2.75) is 13.0 Å². The van der Waals surface area contributed by atoms with Crippen LogP contribution in [0.15, 0.2) is 6.20 Å². The van der Waals surface area contributed by atoms with Gasteiger partial charge in [-0.25, -0.2) is 4.98 Å². The fourth-order valence-corrected chi connectivity index (χ4v) is 1.03. The van der Waals surface area contributed by atoms with Gasteiger partial charge in [-0.05, 0) is 0 Å². The second-order valence-electron chi connectivity index (χ2n) is 2.73. The number of aliphatic hydroxyl groups is 1. The minimum atomic E-state index is -5.21. The van der Waals surface area contributed by atoms with E-state index >= 15 is 0 Å². The molecule has 7 nitrogen and oxygen atoms in total. The molecule has 0 aliphatic carbocycles. The van der Waals surface area contributed by atoms with E-state index < -0.39 is 40.8 Å². The van der Waals surface area contributed by atoms with Crippen LogP contribution in [0.3, 0.4) is 0 Å². The molecule has 0 saturated carbocycles. The van der Waals surface area contributed by atoms with Crippen molar-refractivity contribution in [3.05, 3.63) is 22.0 Å². The lowest BCUT2D eigenvalue weighted by atomic mass is 10.2. The van der Waals surface area contributed by atoms with Gasteiger partial charge in [-0.1, -0.05) is 0 Å². The third-order valence-corrected chi connectivity index (χ3v) is 1.61. The predicted octanol–water partition coefficient (Wildman–Crippen LogP) is 1.09. The molecular formula is C7H5F3N2O5. The summed E-state index contributed by atoms with van der Waals surface area (Å²) in [5.41, 5.74) is -1.88. The van der Waals surface area contributed by atoms with Gasteiger partial charge < -0.3 is 14.9 Å². The van der Waals surface area contributed by atoms with E-state index in [1.165, 1.54) is 0 Å². The molecule has 0 radical (unpaired) electrons. The summed E-state index contributed by atoms with van der Waals surface area (Å²) in [5.74, 6) is -2.55. The Morgan fingerprint density at radius 3 is 2.53 bits per heavy atom. The molecule has 0 spiro atoms. The Hall–Kier alpha value is -2.10. The molecule has 0 amide bonds. The molecule has 0 atom stereocenters. The maximum absolute atomic E-state index is 12.0. The molecule has 0 saturated heterocycles. The number of hydrogen-bond donors (Lipinski definition) is 2. The van der Waals surface area contributed by atoms with Crippen LogP contribution >= 0.6 is 0 Å². The lowest BCUT2D eigenvalue weighted by Crippen LogP contribution is -2.18. The topological polar surface area (TPSA) is 106 Å². The minimum Gasteiger partial charge on any atom is -0.503 e. The first-order valence-electron chi connectivity index (χ1n) is 3.98. The van der Waals surface area contributed by atoms with Gasteiger partial charge in [0, 0.05) is 0 Å². The fourth-order valence-electron chi connectivity index (χ4n) is 1.03. The summed E-state index contributed by atoms with van der Waals surface area (Å²) in [5, 5.41) is 28.3. The largest absolute Gasteiger partial charge is 0.573 e. The minimum absolute atomic E-state index is 0.514. The zero-order valence-corrected chi connectivity index (χ0v) is 7.93. The molecule has 0 bridgehead atoms. The number of aliphatic hydroxyl groups excluding tert-OH is 1. The summed E-state index contributed by atoms with van der Waals surface area (Å²) >= 11 is 0. The van der Waals surface area contributed by atoms with Crippen molar-refractivity contribution in [3.63, 3.8) is 0 Å². The summed E-state index contributed by atoms with van der Waals surface area (Å²) < 4.78 is 39.2. The van der Waals surface area contributed by atoms with Crippen LogP contribution in [-0.4, -0.2) is 26.5 Å². The Morgan fingerprint density at radius 2 is 2.12 bits per heavy atom. The van der Waals surface area contributed by atoms with E-state index in [0.717, 1.165) is 0 Å². The molecule has 0 aliphatic rings. The summed E-state index contributed by atoms with van der Waals surface area (Å²) in [7, 11) is 0. The first-order chi connectivity index (χ1) is 7.76. The van der Waals surface area contributed by atoms with E-state index in [0.29, 0.717) is 6.20 Å². The van der Waals surface area contributed by atoms with Crippen molar-refractivity contribution < 1.29 is 33.0 Å². The Bertz CT molecular complexity index is 448. The van der Waals surface area contributed by atoms with Crippen molar-refractivity contribution in [1.29, 1.82) is 0 Å². The molecule has 0 aliphatic heterocycles. The molecule has 2 N–H and O–H groups in total. The number of aromatic hydroxyl groups is 1. The van der Waals surface area contributed by atoms with Gasteiger partial charge >= 0.3 is 12.0 Å². The van der Waals surface area contributed by atoms with E-state index in [-0.39, 0.29) is 0 Å². The summed E-state index contributed by atoms with van der Waals surface area (Å²) in [6.07, 6.45) is -4.70. The van der Waals surface area contributed by atoms with E-state index in [1.807, 2.05) is 0 Å². The number of ether oxygens (including phenoxy) is 1. The molecule has 1 aromatic rings. The average molecular weight is 254 g/mol. The van der Waals surface area contributed by atoms with E-state index in [4.69, 9.17) is 10.2 Å². The third kappa shape index (κ3) is 2.93. The number of rotatable bonds is 3. The quantitative estimate of drug-likeness (QED) is 0.617. The molecule has 1 aromatic heterocycles. The Morgan fingerprint density at radius 1 is 1.53 bits per heavy atom. The van der Waals surface area contributed by atoms with Gasteiger partial charge in [0.05, 0.1) is 17.7 Å². The maximum atomic E-state index is 12.0. The first kappa shape index (κ1) is 13.0. The fraction of sp³-hybridized carbons (Fsp3) is 0.286. The normalized spacial score (nSPS) is 11.3. The predicted molar refractivity (Wildman–Crippen MR) is 45.2 cm³/mol. The van der Waals surface area contributed by atoms with Crippen molar-refractivity contribution in [2.24, 2.45) is 0 Å². The van der Waals surface area contributed by atoms with Crippen LogP contribution in [0, 0.1) is 10.1 Å². The Balaban J connectivity index is 3.39. The van der Waals surface area contributed by atoms with Crippen LogP contribution < -0.4 is 4.74 Å².